The van der Waals surface area contributed by atoms with Gasteiger partial charge in [-0.05, 0) is 47.8 Å². The first-order valence-corrected chi connectivity index (χ1v) is 12.0. The van der Waals surface area contributed by atoms with Crippen molar-refractivity contribution in [3.05, 3.63) is 70.4 Å². The van der Waals surface area contributed by atoms with Gasteiger partial charge in [0.1, 0.15) is 5.75 Å². The number of fused-ring (bicyclic) bond motifs is 1. The number of hydrogen-bond donors (Lipinski definition) is 2. The molecule has 30 heavy (non-hydrogen) atoms. The lowest BCUT2D eigenvalue weighted by Crippen LogP contribution is -2.23. The van der Waals surface area contributed by atoms with E-state index in [0.29, 0.717) is 10.9 Å². The van der Waals surface area contributed by atoms with Crippen molar-refractivity contribution in [1.29, 1.82) is 0 Å². The predicted molar refractivity (Wildman–Crippen MR) is 119 cm³/mol. The van der Waals surface area contributed by atoms with Crippen LogP contribution >= 0.6 is 22.7 Å². The van der Waals surface area contributed by atoms with E-state index in [2.05, 4.69) is 15.0 Å². The number of aromatic nitrogens is 1. The average Bonchev–Trinajstić information content (AvgIpc) is 3.41. The summed E-state index contributed by atoms with van der Waals surface area (Å²) in [6, 6.07) is 15.1. The van der Waals surface area contributed by atoms with Gasteiger partial charge in [0.2, 0.25) is 10.0 Å². The van der Waals surface area contributed by atoms with Gasteiger partial charge in [0, 0.05) is 17.0 Å². The Balaban J connectivity index is 1.51. The fourth-order valence-corrected chi connectivity index (χ4v) is 5.40. The van der Waals surface area contributed by atoms with Gasteiger partial charge in [-0.15, -0.1) is 11.3 Å². The Morgan fingerprint density at radius 2 is 2.00 bits per heavy atom. The Hall–Kier alpha value is -2.79. The zero-order valence-corrected chi connectivity index (χ0v) is 18.2. The summed E-state index contributed by atoms with van der Waals surface area (Å²) in [7, 11) is -2.16. The number of thiophene rings is 1. The molecule has 2 N–H and O–H groups in total. The van der Waals surface area contributed by atoms with Crippen molar-refractivity contribution in [3.8, 4) is 5.75 Å². The Labute approximate surface area is 181 Å². The van der Waals surface area contributed by atoms with Gasteiger partial charge < -0.3 is 4.74 Å². The first-order valence-electron chi connectivity index (χ1n) is 8.83. The van der Waals surface area contributed by atoms with Gasteiger partial charge in [0.05, 0.1) is 22.2 Å². The highest BCUT2D eigenvalue weighted by Gasteiger charge is 2.17. The number of amides is 1. The van der Waals surface area contributed by atoms with Crippen LogP contribution in [0.25, 0.3) is 10.2 Å². The Morgan fingerprint density at radius 1 is 1.13 bits per heavy atom. The molecule has 0 aliphatic rings. The molecule has 0 saturated carbocycles. The van der Waals surface area contributed by atoms with Crippen LogP contribution in [0.5, 0.6) is 5.75 Å². The minimum absolute atomic E-state index is 0.0285. The van der Waals surface area contributed by atoms with Gasteiger partial charge in [-0.2, -0.15) is 0 Å². The molecule has 0 atom stereocenters. The fourth-order valence-electron chi connectivity index (χ4n) is 2.72. The quantitative estimate of drug-likeness (QED) is 0.434. The summed E-state index contributed by atoms with van der Waals surface area (Å²) in [4.78, 5) is 18.0. The largest absolute Gasteiger partial charge is 0.497 e. The van der Waals surface area contributed by atoms with Crippen LogP contribution in [-0.4, -0.2) is 26.4 Å². The summed E-state index contributed by atoms with van der Waals surface area (Å²) in [6.07, 6.45) is 0. The highest BCUT2D eigenvalue weighted by Crippen LogP contribution is 2.29. The smallest absolute Gasteiger partial charge is 0.257 e. The van der Waals surface area contributed by atoms with Crippen molar-refractivity contribution < 1.29 is 17.9 Å². The van der Waals surface area contributed by atoms with Gasteiger partial charge in [-0.1, -0.05) is 23.5 Å². The topological polar surface area (TPSA) is 97.4 Å². The second kappa shape index (κ2) is 8.52. The third-order valence-electron chi connectivity index (χ3n) is 4.24. The van der Waals surface area contributed by atoms with Crippen LogP contribution in [0, 0.1) is 0 Å². The highest BCUT2D eigenvalue weighted by molar-refractivity contribution is 7.89. The molecular formula is C20H17N3O4S3. The molecule has 4 rings (SSSR count). The number of methoxy groups -OCH3 is 1. The van der Waals surface area contributed by atoms with Crippen LogP contribution in [0.15, 0.2) is 64.9 Å². The van der Waals surface area contributed by atoms with E-state index in [1.165, 1.54) is 40.9 Å². The number of nitrogens with zero attached hydrogens (tertiary/aromatic N) is 1. The molecule has 154 valence electrons. The maximum absolute atomic E-state index is 12.7. The number of carbonyl (C=O) groups is 1. The lowest BCUT2D eigenvalue weighted by molar-refractivity contribution is 0.102. The third-order valence-corrected chi connectivity index (χ3v) is 7.45. The molecule has 0 fully saturated rings. The van der Waals surface area contributed by atoms with E-state index in [0.717, 1.165) is 15.1 Å². The van der Waals surface area contributed by atoms with Crippen molar-refractivity contribution in [3.63, 3.8) is 0 Å². The third kappa shape index (κ3) is 4.51. The summed E-state index contributed by atoms with van der Waals surface area (Å²) in [6.45, 7) is 0.200. The van der Waals surface area contributed by atoms with Gasteiger partial charge in [-0.3, -0.25) is 10.1 Å². The molecule has 0 bridgehead atoms. The summed E-state index contributed by atoms with van der Waals surface area (Å²) >= 11 is 2.78. The zero-order valence-electron chi connectivity index (χ0n) is 15.8. The van der Waals surface area contributed by atoms with Crippen LogP contribution < -0.4 is 14.8 Å². The number of sulfonamides is 1. The normalized spacial score (nSPS) is 11.5. The highest BCUT2D eigenvalue weighted by atomic mass is 32.2. The second-order valence-electron chi connectivity index (χ2n) is 6.24. The van der Waals surface area contributed by atoms with Gasteiger partial charge in [0.15, 0.2) is 5.13 Å². The second-order valence-corrected chi connectivity index (χ2v) is 10.1. The van der Waals surface area contributed by atoms with Gasteiger partial charge in [0.25, 0.3) is 5.91 Å². The Morgan fingerprint density at radius 3 is 2.77 bits per heavy atom. The van der Waals surface area contributed by atoms with Crippen molar-refractivity contribution >= 4 is 54.0 Å². The van der Waals surface area contributed by atoms with Crippen LogP contribution in [0.1, 0.15) is 15.2 Å². The maximum Gasteiger partial charge on any atom is 0.257 e. The van der Waals surface area contributed by atoms with E-state index >= 15 is 0 Å². The molecule has 0 saturated heterocycles. The monoisotopic (exact) mass is 459 g/mol. The molecule has 7 nitrogen and oxygen atoms in total. The van der Waals surface area contributed by atoms with E-state index < -0.39 is 15.9 Å². The minimum Gasteiger partial charge on any atom is -0.497 e. The Bertz CT molecular complexity index is 1300. The molecule has 10 heteroatoms. The lowest BCUT2D eigenvalue weighted by atomic mass is 10.2. The van der Waals surface area contributed by atoms with E-state index in [-0.39, 0.29) is 17.0 Å². The first kappa shape index (κ1) is 20.5. The van der Waals surface area contributed by atoms with Gasteiger partial charge in [-0.25, -0.2) is 18.1 Å². The molecule has 2 heterocycles. The number of nitrogens with one attached hydrogen (secondary N) is 2. The number of hydrogen-bond acceptors (Lipinski definition) is 7. The van der Waals surface area contributed by atoms with E-state index in [1.54, 1.807) is 19.2 Å². The number of rotatable bonds is 7. The first-order chi connectivity index (χ1) is 14.4. The number of carbonyl (C=O) groups excluding carboxylic acids is 1. The Kier molecular flexibility index (Phi) is 5.82. The van der Waals surface area contributed by atoms with Crippen molar-refractivity contribution in [1.82, 2.24) is 9.71 Å². The molecule has 2 aromatic carbocycles. The van der Waals surface area contributed by atoms with Crippen molar-refractivity contribution in [2.24, 2.45) is 0 Å². The minimum atomic E-state index is -3.74. The van der Waals surface area contributed by atoms with Crippen LogP contribution in [0.4, 0.5) is 5.13 Å². The molecule has 2 aromatic heterocycles. The van der Waals surface area contributed by atoms with Crippen LogP contribution in [-0.2, 0) is 16.6 Å². The van der Waals surface area contributed by atoms with E-state index in [1.807, 2.05) is 29.6 Å². The van der Waals surface area contributed by atoms with E-state index in [9.17, 15) is 13.2 Å². The number of anilines is 1. The van der Waals surface area contributed by atoms with Crippen molar-refractivity contribution in [2.45, 2.75) is 11.4 Å². The molecule has 0 aliphatic heterocycles. The lowest BCUT2D eigenvalue weighted by Gasteiger charge is -2.07. The van der Waals surface area contributed by atoms with E-state index in [4.69, 9.17) is 4.74 Å². The molecule has 0 radical (unpaired) electrons. The maximum atomic E-state index is 12.7. The van der Waals surface area contributed by atoms with Gasteiger partial charge >= 0.3 is 0 Å². The summed E-state index contributed by atoms with van der Waals surface area (Å²) in [5.74, 6) is 0.272. The average molecular weight is 460 g/mol. The molecule has 0 unspecified atom stereocenters. The number of benzene rings is 2. The zero-order chi connectivity index (χ0) is 21.1. The molecule has 0 aliphatic carbocycles. The number of ether oxygens (including phenoxy) is 1. The SMILES string of the molecule is COc1ccc2nc(NC(=O)c3cccc(S(=O)(=O)NCc4cccs4)c3)sc2c1. The molecule has 4 aromatic rings. The summed E-state index contributed by atoms with van der Waals surface area (Å²) < 4.78 is 33.8. The number of thiazole rings is 1. The summed E-state index contributed by atoms with van der Waals surface area (Å²) in [5, 5.41) is 5.04. The standard InChI is InChI=1S/C20H17N3O4S3/c1-27-14-7-8-17-18(11-14)29-20(22-17)23-19(24)13-4-2-6-16(10-13)30(25,26)21-12-15-5-3-9-28-15/h2-11,21H,12H2,1H3,(H,22,23,24). The predicted octanol–water partition coefficient (Wildman–Crippen LogP) is 4.10. The molecular weight excluding hydrogens is 442 g/mol. The van der Waals surface area contributed by atoms with Crippen LogP contribution in [0.2, 0.25) is 0 Å². The fraction of sp³-hybridized carbons (Fsp3) is 0.100. The van der Waals surface area contributed by atoms with Crippen LogP contribution in [0.3, 0.4) is 0 Å². The molecule has 0 spiro atoms. The summed E-state index contributed by atoms with van der Waals surface area (Å²) in [5.41, 5.74) is 0.969. The van der Waals surface area contributed by atoms with Crippen molar-refractivity contribution in [2.75, 3.05) is 12.4 Å². The molecule has 1 amide bonds.